The lowest BCUT2D eigenvalue weighted by Crippen LogP contribution is -2.08. The van der Waals surface area contributed by atoms with Gasteiger partial charge in [0.05, 0.1) is 18.8 Å². The highest BCUT2D eigenvalue weighted by atomic mass is 35.5. The van der Waals surface area contributed by atoms with Gasteiger partial charge in [-0.2, -0.15) is 0 Å². The molecule has 0 radical (unpaired) electrons. The van der Waals surface area contributed by atoms with E-state index in [2.05, 4.69) is 0 Å². The minimum atomic E-state index is -0.188. The Labute approximate surface area is 145 Å². The van der Waals surface area contributed by atoms with Crippen molar-refractivity contribution in [2.24, 2.45) is 0 Å². The monoisotopic (exact) mass is 350 g/mol. The van der Waals surface area contributed by atoms with E-state index in [4.69, 9.17) is 25.8 Å². The summed E-state index contributed by atoms with van der Waals surface area (Å²) >= 11 is 5.51. The molecule has 24 heavy (non-hydrogen) atoms. The molecule has 2 aromatic rings. The summed E-state index contributed by atoms with van der Waals surface area (Å²) in [5, 5.41) is 9.97. The lowest BCUT2D eigenvalue weighted by Gasteiger charge is -2.13. The Hall–Kier alpha value is -2.24. The first-order chi connectivity index (χ1) is 11.7. The Kier molecular flexibility index (Phi) is 7.39. The molecule has 0 fully saturated rings. The second-order valence-electron chi connectivity index (χ2n) is 4.90. The number of hydrogen-bond donors (Lipinski definition) is 1. The quantitative estimate of drug-likeness (QED) is 0.404. The zero-order valence-corrected chi connectivity index (χ0v) is 13.9. The van der Waals surface area contributed by atoms with Gasteiger partial charge in [-0.05, 0) is 5.56 Å². The third-order valence-electron chi connectivity index (χ3n) is 3.17. The first-order valence-corrected chi connectivity index (χ1v) is 8.03. The van der Waals surface area contributed by atoms with E-state index in [1.54, 1.807) is 6.07 Å². The second kappa shape index (κ2) is 9.80. The number of halogens is 1. The molecule has 5 nitrogen and oxygen atoms in total. The van der Waals surface area contributed by atoms with Gasteiger partial charge in [0, 0.05) is 18.0 Å². The van der Waals surface area contributed by atoms with Crippen LogP contribution in [0.15, 0.2) is 42.5 Å². The maximum Gasteiger partial charge on any atom is 0.157 e. The first kappa shape index (κ1) is 18.1. The molecule has 1 N–H and O–H groups in total. The van der Waals surface area contributed by atoms with E-state index >= 15 is 0 Å². The molecular formula is C18H19ClO5. The molecule has 0 saturated heterocycles. The summed E-state index contributed by atoms with van der Waals surface area (Å²) in [5.74, 6) is 0.903. The number of benzene rings is 2. The fourth-order valence-electron chi connectivity index (χ4n) is 2.02. The van der Waals surface area contributed by atoms with Crippen molar-refractivity contribution in [1.29, 1.82) is 0 Å². The first-order valence-electron chi connectivity index (χ1n) is 7.50. The van der Waals surface area contributed by atoms with Crippen molar-refractivity contribution in [2.75, 3.05) is 25.7 Å². The minimum absolute atomic E-state index is 0.0941. The summed E-state index contributed by atoms with van der Waals surface area (Å²) in [6, 6.07) is 12.5. The van der Waals surface area contributed by atoms with E-state index in [-0.39, 0.29) is 23.7 Å². The normalized spacial score (nSPS) is 10.4. The molecule has 0 aliphatic rings. The predicted molar refractivity (Wildman–Crippen MR) is 91.3 cm³/mol. The van der Waals surface area contributed by atoms with Crippen molar-refractivity contribution in [3.63, 3.8) is 0 Å². The molecule has 2 rings (SSSR count). The van der Waals surface area contributed by atoms with Crippen LogP contribution in [0.5, 0.6) is 17.2 Å². The fourth-order valence-corrected chi connectivity index (χ4v) is 2.13. The molecule has 0 aliphatic carbocycles. The lowest BCUT2D eigenvalue weighted by molar-refractivity contribution is 0.110. The highest BCUT2D eigenvalue weighted by molar-refractivity contribution is 6.17. The molecule has 0 saturated carbocycles. The van der Waals surface area contributed by atoms with Crippen LogP contribution in [0, 0.1) is 0 Å². The van der Waals surface area contributed by atoms with Crippen molar-refractivity contribution in [3.8, 4) is 17.2 Å². The van der Waals surface area contributed by atoms with Crippen LogP contribution in [0.4, 0.5) is 0 Å². The lowest BCUT2D eigenvalue weighted by atomic mass is 10.2. The number of aromatic hydroxyl groups is 1. The number of ether oxygens (including phenoxy) is 3. The van der Waals surface area contributed by atoms with Gasteiger partial charge in [0.25, 0.3) is 0 Å². The number of phenolic OH excluding ortho intramolecular Hbond substituents is 1. The number of aldehydes is 1. The molecule has 0 spiro atoms. The van der Waals surface area contributed by atoms with E-state index < -0.39 is 0 Å². The van der Waals surface area contributed by atoms with Crippen molar-refractivity contribution in [2.45, 2.75) is 6.61 Å². The van der Waals surface area contributed by atoms with E-state index in [0.29, 0.717) is 37.7 Å². The van der Waals surface area contributed by atoms with E-state index in [9.17, 15) is 9.90 Å². The molecule has 2 aromatic carbocycles. The summed E-state index contributed by atoms with van der Waals surface area (Å²) in [5.41, 5.74) is 1.05. The predicted octanol–water partition coefficient (Wildman–Crippen LogP) is 3.42. The smallest absolute Gasteiger partial charge is 0.157 e. The molecule has 128 valence electrons. The summed E-state index contributed by atoms with van der Waals surface area (Å²) < 4.78 is 16.4. The van der Waals surface area contributed by atoms with Crippen LogP contribution >= 0.6 is 11.6 Å². The number of phenols is 1. The molecule has 6 heteroatoms. The topological polar surface area (TPSA) is 65.0 Å². The summed E-state index contributed by atoms with van der Waals surface area (Å²) in [4.78, 5) is 11.2. The van der Waals surface area contributed by atoms with Crippen LogP contribution in [0.25, 0.3) is 0 Å². The van der Waals surface area contributed by atoms with Crippen molar-refractivity contribution in [3.05, 3.63) is 53.6 Å². The Morgan fingerprint density at radius 3 is 2.54 bits per heavy atom. The van der Waals surface area contributed by atoms with Gasteiger partial charge >= 0.3 is 0 Å². The third-order valence-corrected chi connectivity index (χ3v) is 3.32. The van der Waals surface area contributed by atoms with Crippen LogP contribution in [-0.2, 0) is 11.3 Å². The summed E-state index contributed by atoms with van der Waals surface area (Å²) in [7, 11) is 0. The Morgan fingerprint density at radius 2 is 1.83 bits per heavy atom. The molecular weight excluding hydrogens is 332 g/mol. The maximum absolute atomic E-state index is 11.2. The molecule has 0 amide bonds. The maximum atomic E-state index is 11.2. The van der Waals surface area contributed by atoms with Gasteiger partial charge < -0.3 is 19.3 Å². The Morgan fingerprint density at radius 1 is 1.04 bits per heavy atom. The SMILES string of the molecule is O=Cc1c(O)cc(OCCOCCCl)cc1OCc1ccccc1. The van der Waals surface area contributed by atoms with Crippen molar-refractivity contribution in [1.82, 2.24) is 0 Å². The average Bonchev–Trinajstić information content (AvgIpc) is 2.60. The second-order valence-corrected chi connectivity index (χ2v) is 5.27. The Bertz CT molecular complexity index is 645. The van der Waals surface area contributed by atoms with E-state index in [0.717, 1.165) is 5.56 Å². The van der Waals surface area contributed by atoms with E-state index in [1.165, 1.54) is 6.07 Å². The van der Waals surface area contributed by atoms with Gasteiger partial charge in [-0.15, -0.1) is 11.6 Å². The Balaban J connectivity index is 2.03. The van der Waals surface area contributed by atoms with Crippen LogP contribution in [0.1, 0.15) is 15.9 Å². The number of alkyl halides is 1. The number of carbonyl (C=O) groups excluding carboxylic acids is 1. The standard InChI is InChI=1S/C18H19ClO5/c19-6-7-22-8-9-23-15-10-17(21)16(12-20)18(11-15)24-13-14-4-2-1-3-5-14/h1-5,10-12,21H,6-9,13H2. The van der Waals surface area contributed by atoms with Crippen molar-refractivity contribution < 1.29 is 24.1 Å². The van der Waals surface area contributed by atoms with Gasteiger partial charge in [-0.1, -0.05) is 30.3 Å². The summed E-state index contributed by atoms with van der Waals surface area (Å²) in [6.45, 7) is 1.41. The van der Waals surface area contributed by atoms with Crippen molar-refractivity contribution >= 4 is 17.9 Å². The molecule has 0 aromatic heterocycles. The van der Waals surface area contributed by atoms with Crippen LogP contribution in [0.2, 0.25) is 0 Å². The van der Waals surface area contributed by atoms with Crippen LogP contribution < -0.4 is 9.47 Å². The van der Waals surface area contributed by atoms with Gasteiger partial charge in [0.15, 0.2) is 6.29 Å². The third kappa shape index (κ3) is 5.44. The molecule has 0 aliphatic heterocycles. The van der Waals surface area contributed by atoms with Crippen LogP contribution in [-0.4, -0.2) is 37.1 Å². The van der Waals surface area contributed by atoms with Crippen LogP contribution in [0.3, 0.4) is 0 Å². The van der Waals surface area contributed by atoms with Gasteiger partial charge in [-0.25, -0.2) is 0 Å². The molecule has 0 heterocycles. The highest BCUT2D eigenvalue weighted by Gasteiger charge is 2.12. The molecule has 0 atom stereocenters. The number of hydrogen-bond acceptors (Lipinski definition) is 5. The fraction of sp³-hybridized carbons (Fsp3) is 0.278. The average molecular weight is 351 g/mol. The highest BCUT2D eigenvalue weighted by Crippen LogP contribution is 2.32. The largest absolute Gasteiger partial charge is 0.507 e. The van der Waals surface area contributed by atoms with Gasteiger partial charge in [-0.3, -0.25) is 4.79 Å². The number of rotatable bonds is 10. The minimum Gasteiger partial charge on any atom is -0.507 e. The zero-order chi connectivity index (χ0) is 17.2. The van der Waals surface area contributed by atoms with E-state index in [1.807, 2.05) is 30.3 Å². The number of carbonyl (C=O) groups is 1. The molecule has 0 unspecified atom stereocenters. The van der Waals surface area contributed by atoms with Gasteiger partial charge in [0.2, 0.25) is 0 Å². The summed E-state index contributed by atoms with van der Waals surface area (Å²) in [6.07, 6.45) is 0.559. The van der Waals surface area contributed by atoms with Gasteiger partial charge in [0.1, 0.15) is 30.5 Å². The molecule has 0 bridgehead atoms. The zero-order valence-electron chi connectivity index (χ0n) is 13.1.